The van der Waals surface area contributed by atoms with Gasteiger partial charge in [-0.05, 0) is 51.5 Å². The number of rotatable bonds is 4. The minimum absolute atomic E-state index is 0. The van der Waals surface area contributed by atoms with Crippen LogP contribution >= 0.6 is 12.4 Å². The summed E-state index contributed by atoms with van der Waals surface area (Å²) in [5, 5.41) is 2.96. The minimum atomic E-state index is -0.0678. The van der Waals surface area contributed by atoms with Gasteiger partial charge in [0.1, 0.15) is 0 Å². The van der Waals surface area contributed by atoms with Crippen LogP contribution in [0.1, 0.15) is 47.2 Å². The SMILES string of the molecule is Cc1cc(CNC(=O)c2ccncc2)c(C)n1C(C)C.Cl. The van der Waals surface area contributed by atoms with Crippen molar-refractivity contribution in [3.05, 3.63) is 53.1 Å². The maximum Gasteiger partial charge on any atom is 0.251 e. The van der Waals surface area contributed by atoms with Crippen molar-refractivity contribution >= 4 is 18.3 Å². The number of carbonyl (C=O) groups excluding carboxylic acids is 1. The summed E-state index contributed by atoms with van der Waals surface area (Å²) in [4.78, 5) is 15.9. The molecule has 0 spiro atoms. The van der Waals surface area contributed by atoms with Gasteiger partial charge in [-0.2, -0.15) is 0 Å². The number of aryl methyl sites for hydroxylation is 1. The minimum Gasteiger partial charge on any atom is -0.348 e. The third kappa shape index (κ3) is 3.85. The van der Waals surface area contributed by atoms with Crippen LogP contribution in [0.2, 0.25) is 0 Å². The van der Waals surface area contributed by atoms with Crippen molar-refractivity contribution in [2.45, 2.75) is 40.3 Å². The Hall–Kier alpha value is -1.81. The first-order chi connectivity index (χ1) is 9.50. The Kier molecular flexibility index (Phi) is 5.97. The Balaban J connectivity index is 0.00000220. The highest BCUT2D eigenvalue weighted by Crippen LogP contribution is 2.19. The van der Waals surface area contributed by atoms with Crippen LogP contribution in [0.3, 0.4) is 0 Å². The lowest BCUT2D eigenvalue weighted by atomic mass is 10.2. The van der Waals surface area contributed by atoms with Crippen LogP contribution in [-0.2, 0) is 6.54 Å². The van der Waals surface area contributed by atoms with E-state index in [-0.39, 0.29) is 18.3 Å². The molecular formula is C16H22ClN3O. The first-order valence-electron chi connectivity index (χ1n) is 6.86. The van der Waals surface area contributed by atoms with E-state index < -0.39 is 0 Å². The Labute approximate surface area is 132 Å². The smallest absolute Gasteiger partial charge is 0.251 e. The van der Waals surface area contributed by atoms with E-state index in [0.29, 0.717) is 18.2 Å². The van der Waals surface area contributed by atoms with Gasteiger partial charge in [0, 0.05) is 41.9 Å². The van der Waals surface area contributed by atoms with Crippen molar-refractivity contribution in [1.82, 2.24) is 14.9 Å². The zero-order valence-electron chi connectivity index (χ0n) is 12.9. The van der Waals surface area contributed by atoms with Gasteiger partial charge >= 0.3 is 0 Å². The van der Waals surface area contributed by atoms with Crippen molar-refractivity contribution in [2.75, 3.05) is 0 Å². The Morgan fingerprint density at radius 2 is 1.90 bits per heavy atom. The second-order valence-corrected chi connectivity index (χ2v) is 5.28. The van der Waals surface area contributed by atoms with E-state index in [9.17, 15) is 4.79 Å². The van der Waals surface area contributed by atoms with Crippen LogP contribution in [0, 0.1) is 13.8 Å². The predicted octanol–water partition coefficient (Wildman–Crippen LogP) is 3.43. The van der Waals surface area contributed by atoms with Crippen molar-refractivity contribution < 1.29 is 4.79 Å². The van der Waals surface area contributed by atoms with Crippen LogP contribution in [0.5, 0.6) is 0 Å². The normalized spacial score (nSPS) is 10.3. The zero-order valence-corrected chi connectivity index (χ0v) is 13.7. The molecule has 1 amide bonds. The van der Waals surface area contributed by atoms with Crippen molar-refractivity contribution in [3.8, 4) is 0 Å². The standard InChI is InChI=1S/C16H21N3O.ClH/c1-11(2)19-12(3)9-15(13(19)4)10-18-16(20)14-5-7-17-8-6-14;/h5-9,11H,10H2,1-4H3,(H,18,20);1H. The maximum absolute atomic E-state index is 12.0. The molecule has 0 saturated heterocycles. The third-order valence-electron chi connectivity index (χ3n) is 3.49. The van der Waals surface area contributed by atoms with Crippen molar-refractivity contribution in [3.63, 3.8) is 0 Å². The molecule has 2 aromatic rings. The van der Waals surface area contributed by atoms with Crippen LogP contribution in [0.15, 0.2) is 30.6 Å². The second-order valence-electron chi connectivity index (χ2n) is 5.28. The molecule has 0 aliphatic rings. The predicted molar refractivity (Wildman–Crippen MR) is 86.9 cm³/mol. The summed E-state index contributed by atoms with van der Waals surface area (Å²) in [6.07, 6.45) is 3.25. The molecule has 0 fully saturated rings. The van der Waals surface area contributed by atoms with E-state index in [1.807, 2.05) is 0 Å². The molecule has 4 nitrogen and oxygen atoms in total. The molecule has 0 aliphatic carbocycles. The fraction of sp³-hybridized carbons (Fsp3) is 0.375. The van der Waals surface area contributed by atoms with Crippen molar-refractivity contribution in [2.24, 2.45) is 0 Å². The average molecular weight is 308 g/mol. The lowest BCUT2D eigenvalue weighted by Gasteiger charge is -2.14. The summed E-state index contributed by atoms with van der Waals surface area (Å²) in [6, 6.07) is 6.00. The number of hydrogen-bond donors (Lipinski definition) is 1. The molecule has 2 aromatic heterocycles. The van der Waals surface area contributed by atoms with Gasteiger partial charge in [-0.1, -0.05) is 0 Å². The number of halogens is 1. The van der Waals surface area contributed by atoms with Gasteiger partial charge in [0.25, 0.3) is 5.91 Å². The molecule has 2 rings (SSSR count). The molecule has 0 aromatic carbocycles. The largest absolute Gasteiger partial charge is 0.348 e. The molecule has 1 N–H and O–H groups in total. The summed E-state index contributed by atoms with van der Waals surface area (Å²) >= 11 is 0. The van der Waals surface area contributed by atoms with E-state index in [0.717, 1.165) is 0 Å². The molecule has 0 unspecified atom stereocenters. The van der Waals surface area contributed by atoms with Gasteiger partial charge in [0.15, 0.2) is 0 Å². The van der Waals surface area contributed by atoms with Gasteiger partial charge in [0.05, 0.1) is 0 Å². The van der Waals surface area contributed by atoms with Crippen LogP contribution in [0.25, 0.3) is 0 Å². The fourth-order valence-electron chi connectivity index (χ4n) is 2.60. The summed E-state index contributed by atoms with van der Waals surface area (Å²) in [5.74, 6) is -0.0678. The fourth-order valence-corrected chi connectivity index (χ4v) is 2.60. The molecule has 0 atom stereocenters. The first kappa shape index (κ1) is 17.2. The summed E-state index contributed by atoms with van der Waals surface area (Å²) in [7, 11) is 0. The van der Waals surface area contributed by atoms with Crippen molar-refractivity contribution in [1.29, 1.82) is 0 Å². The van der Waals surface area contributed by atoms with Gasteiger partial charge in [-0.15, -0.1) is 12.4 Å². The highest BCUT2D eigenvalue weighted by Gasteiger charge is 2.12. The quantitative estimate of drug-likeness (QED) is 0.940. The number of hydrogen-bond acceptors (Lipinski definition) is 2. The van der Waals surface area contributed by atoms with Crippen LogP contribution in [0.4, 0.5) is 0 Å². The summed E-state index contributed by atoms with van der Waals surface area (Å²) in [6.45, 7) is 9.08. The molecule has 5 heteroatoms. The van der Waals surface area contributed by atoms with Gasteiger partial charge in [0.2, 0.25) is 0 Å². The topological polar surface area (TPSA) is 46.9 Å². The summed E-state index contributed by atoms with van der Waals surface area (Å²) in [5.41, 5.74) is 4.24. The molecule has 114 valence electrons. The second kappa shape index (κ2) is 7.27. The maximum atomic E-state index is 12.0. The zero-order chi connectivity index (χ0) is 14.7. The first-order valence-corrected chi connectivity index (χ1v) is 6.86. The van der Waals surface area contributed by atoms with E-state index in [2.05, 4.69) is 48.6 Å². The van der Waals surface area contributed by atoms with Crippen LogP contribution in [-0.4, -0.2) is 15.5 Å². The molecular weight excluding hydrogens is 286 g/mol. The number of aromatic nitrogens is 2. The Bertz CT molecular complexity index is 605. The number of amides is 1. The van der Waals surface area contributed by atoms with E-state index in [4.69, 9.17) is 0 Å². The Morgan fingerprint density at radius 1 is 1.29 bits per heavy atom. The molecule has 0 radical (unpaired) electrons. The van der Waals surface area contributed by atoms with E-state index in [1.165, 1.54) is 17.0 Å². The van der Waals surface area contributed by atoms with E-state index in [1.54, 1.807) is 24.5 Å². The highest BCUT2D eigenvalue weighted by atomic mass is 35.5. The molecule has 2 heterocycles. The lowest BCUT2D eigenvalue weighted by molar-refractivity contribution is 0.0951. The highest BCUT2D eigenvalue weighted by molar-refractivity contribution is 5.93. The molecule has 0 aliphatic heterocycles. The molecule has 21 heavy (non-hydrogen) atoms. The third-order valence-corrected chi connectivity index (χ3v) is 3.49. The van der Waals surface area contributed by atoms with Gasteiger partial charge in [-0.25, -0.2) is 0 Å². The number of nitrogens with zero attached hydrogens (tertiary/aromatic N) is 2. The molecule has 0 saturated carbocycles. The van der Waals surface area contributed by atoms with E-state index >= 15 is 0 Å². The van der Waals surface area contributed by atoms with Gasteiger partial charge in [-0.3, -0.25) is 9.78 Å². The number of nitrogens with one attached hydrogen (secondary N) is 1. The Morgan fingerprint density at radius 3 is 2.43 bits per heavy atom. The monoisotopic (exact) mass is 307 g/mol. The average Bonchev–Trinajstić information content (AvgIpc) is 2.71. The number of pyridine rings is 1. The number of carbonyl (C=O) groups is 1. The lowest BCUT2D eigenvalue weighted by Crippen LogP contribution is -2.23. The molecule has 0 bridgehead atoms. The van der Waals surface area contributed by atoms with Crippen LogP contribution < -0.4 is 5.32 Å². The summed E-state index contributed by atoms with van der Waals surface area (Å²) < 4.78 is 2.29. The van der Waals surface area contributed by atoms with Gasteiger partial charge < -0.3 is 9.88 Å².